The van der Waals surface area contributed by atoms with Gasteiger partial charge in [-0.15, -0.1) is 0 Å². The van der Waals surface area contributed by atoms with E-state index in [1.807, 2.05) is 0 Å². The number of fused-ring (bicyclic) bond motifs is 1. The molecule has 12 heteroatoms. The van der Waals surface area contributed by atoms with Crippen molar-refractivity contribution in [3.05, 3.63) is 29.8 Å². The molecule has 3 saturated heterocycles. The van der Waals surface area contributed by atoms with Crippen molar-refractivity contribution in [3.8, 4) is 11.3 Å². The van der Waals surface area contributed by atoms with Gasteiger partial charge in [0.25, 0.3) is 0 Å². The number of anilines is 1. The highest BCUT2D eigenvalue weighted by Crippen LogP contribution is 2.84. The zero-order chi connectivity index (χ0) is 21.9. The number of ether oxygens (including phenoxy) is 1. The van der Waals surface area contributed by atoms with Crippen molar-refractivity contribution < 1.29 is 31.1 Å². The van der Waals surface area contributed by atoms with Gasteiger partial charge in [0.15, 0.2) is 0 Å². The van der Waals surface area contributed by atoms with E-state index in [0.29, 0.717) is 13.2 Å². The maximum Gasteiger partial charge on any atom is 0.419 e. The van der Waals surface area contributed by atoms with Crippen molar-refractivity contribution in [2.45, 2.75) is 36.4 Å². The van der Waals surface area contributed by atoms with Crippen LogP contribution in [0.5, 0.6) is 0 Å². The van der Waals surface area contributed by atoms with Crippen molar-refractivity contribution in [1.82, 2.24) is 19.4 Å². The Hall–Kier alpha value is -2.34. The smallest absolute Gasteiger partial charge is 0.383 e. The van der Waals surface area contributed by atoms with Gasteiger partial charge in [0.1, 0.15) is 18.1 Å². The van der Waals surface area contributed by atoms with E-state index >= 15 is 0 Å². The van der Waals surface area contributed by atoms with Crippen LogP contribution in [0.4, 0.5) is 32.2 Å². The Morgan fingerprint density at radius 1 is 1.19 bits per heavy atom. The molecule has 0 radical (unpaired) electrons. The zero-order valence-electron chi connectivity index (χ0n) is 15.9. The minimum atomic E-state index is -4.73. The fraction of sp³-hybridized carbons (Fsp3) is 0.579. The molecule has 5 heterocycles. The van der Waals surface area contributed by atoms with Gasteiger partial charge in [-0.25, -0.2) is 9.97 Å². The number of hydrogen-bond acceptors (Lipinski definition) is 5. The molecule has 0 spiro atoms. The number of piperidine rings is 1. The van der Waals surface area contributed by atoms with Gasteiger partial charge >= 0.3 is 12.4 Å². The van der Waals surface area contributed by atoms with Gasteiger partial charge in [-0.2, -0.15) is 26.3 Å². The summed E-state index contributed by atoms with van der Waals surface area (Å²) in [4.78, 5) is 9.98. The minimum Gasteiger partial charge on any atom is -0.383 e. The summed E-state index contributed by atoms with van der Waals surface area (Å²) >= 11 is 0. The second-order valence-corrected chi connectivity index (χ2v) is 8.71. The van der Waals surface area contributed by atoms with Crippen LogP contribution < -0.4 is 5.73 Å². The molecule has 2 aromatic rings. The van der Waals surface area contributed by atoms with Crippen LogP contribution in [0.15, 0.2) is 18.5 Å². The van der Waals surface area contributed by atoms with Crippen LogP contribution in [0.2, 0.25) is 0 Å². The second kappa shape index (κ2) is 5.71. The normalized spacial score (nSPS) is 32.1. The van der Waals surface area contributed by atoms with Crippen LogP contribution in [-0.4, -0.2) is 57.5 Å². The molecule has 2 bridgehead atoms. The van der Waals surface area contributed by atoms with Gasteiger partial charge in [-0.1, -0.05) is 0 Å². The Morgan fingerprint density at radius 2 is 1.94 bits per heavy atom. The molecule has 0 amide bonds. The van der Waals surface area contributed by atoms with Crippen molar-refractivity contribution in [1.29, 1.82) is 0 Å². The summed E-state index contributed by atoms with van der Waals surface area (Å²) in [5.41, 5.74) is 3.78. The third-order valence-corrected chi connectivity index (χ3v) is 7.09. The van der Waals surface area contributed by atoms with E-state index in [4.69, 9.17) is 10.5 Å². The molecule has 2 aromatic heterocycles. The number of imidazole rings is 1. The van der Waals surface area contributed by atoms with Crippen molar-refractivity contribution >= 4 is 5.82 Å². The zero-order valence-corrected chi connectivity index (χ0v) is 15.9. The number of aromatic nitrogens is 3. The first-order chi connectivity index (χ1) is 14.5. The molecule has 4 atom stereocenters. The maximum absolute atomic E-state index is 13.2. The molecule has 0 aromatic carbocycles. The monoisotopic (exact) mass is 445 g/mol. The van der Waals surface area contributed by atoms with Crippen molar-refractivity contribution in [2.24, 2.45) is 11.8 Å². The van der Waals surface area contributed by atoms with E-state index in [0.717, 1.165) is 18.8 Å². The van der Waals surface area contributed by atoms with E-state index in [2.05, 4.69) is 14.9 Å². The number of hydrogen-bond donors (Lipinski definition) is 1. The lowest BCUT2D eigenvalue weighted by Crippen LogP contribution is -2.48. The van der Waals surface area contributed by atoms with Crippen LogP contribution in [0.25, 0.3) is 11.3 Å². The molecule has 2 saturated carbocycles. The first-order valence-electron chi connectivity index (χ1n) is 9.84. The molecular weight excluding hydrogens is 428 g/mol. The standard InChI is InChI=1S/C19H17F6N5O/c20-17(21,22)2-13-28-12(8-1-10(19(23,24)25)16(26)27-3-8)5-30(13)18-11-4-29(9-6-31-7-9)15(18)14(11)18/h1,3,5,9,11,14-15H,2,4,6-7H2,(H2,26,27)/t11-,14-,15?,18-/m1/s1. The first-order valence-corrected chi connectivity index (χ1v) is 9.84. The van der Waals surface area contributed by atoms with Crippen LogP contribution in [0.1, 0.15) is 11.4 Å². The van der Waals surface area contributed by atoms with Gasteiger partial charge < -0.3 is 15.0 Å². The highest BCUT2D eigenvalue weighted by molar-refractivity contribution is 5.63. The van der Waals surface area contributed by atoms with E-state index in [1.54, 1.807) is 4.57 Å². The van der Waals surface area contributed by atoms with Gasteiger partial charge in [-0.3, -0.25) is 4.90 Å². The Morgan fingerprint density at radius 3 is 2.52 bits per heavy atom. The lowest BCUT2D eigenvalue weighted by molar-refractivity contribution is -0.137. The molecule has 3 aliphatic heterocycles. The molecule has 2 N–H and O–H groups in total. The number of rotatable bonds is 4. The number of alkyl halides is 6. The second-order valence-electron chi connectivity index (χ2n) is 8.71. The summed E-state index contributed by atoms with van der Waals surface area (Å²) < 4.78 is 86.2. The predicted molar refractivity (Wildman–Crippen MR) is 94.7 cm³/mol. The van der Waals surface area contributed by atoms with Gasteiger partial charge in [0, 0.05) is 42.4 Å². The molecule has 7 rings (SSSR count). The quantitative estimate of drug-likeness (QED) is 0.734. The van der Waals surface area contributed by atoms with E-state index in [9.17, 15) is 26.3 Å². The average Bonchev–Trinajstić information content (AvgIpc) is 3.18. The van der Waals surface area contributed by atoms with Crippen molar-refractivity contribution in [3.63, 3.8) is 0 Å². The number of nitrogen functional groups attached to an aromatic ring is 1. The third kappa shape index (κ3) is 2.60. The number of nitrogens with zero attached hydrogens (tertiary/aromatic N) is 4. The van der Waals surface area contributed by atoms with Gasteiger partial charge in [0.2, 0.25) is 0 Å². The molecular formula is C19H17F6N5O. The van der Waals surface area contributed by atoms with Crippen LogP contribution in [0, 0.1) is 11.8 Å². The van der Waals surface area contributed by atoms with Crippen LogP contribution in [0.3, 0.4) is 0 Å². The molecule has 6 nitrogen and oxygen atoms in total. The van der Waals surface area contributed by atoms with Crippen molar-refractivity contribution in [2.75, 3.05) is 25.5 Å². The molecule has 5 aliphatic rings. The summed E-state index contributed by atoms with van der Waals surface area (Å²) in [6.45, 7) is 2.03. The van der Waals surface area contributed by atoms with Crippen LogP contribution in [-0.2, 0) is 22.9 Å². The predicted octanol–water partition coefficient (Wildman–Crippen LogP) is 2.69. The fourth-order valence-corrected chi connectivity index (χ4v) is 5.60. The van der Waals surface area contributed by atoms with Gasteiger partial charge in [0.05, 0.1) is 36.1 Å². The Kier molecular flexibility index (Phi) is 3.57. The maximum atomic E-state index is 13.2. The lowest BCUT2D eigenvalue weighted by atomic mass is 10.1. The highest BCUT2D eigenvalue weighted by Gasteiger charge is 2.94. The third-order valence-electron chi connectivity index (χ3n) is 7.09. The summed E-state index contributed by atoms with van der Waals surface area (Å²) in [5, 5.41) is 0. The Bertz CT molecular complexity index is 1070. The topological polar surface area (TPSA) is 69.2 Å². The summed E-state index contributed by atoms with van der Waals surface area (Å²) in [5.74, 6) is -0.375. The molecule has 2 aliphatic carbocycles. The SMILES string of the molecule is Nc1ncc(-c2cn([C@@]34C5[C@H]3[C@H]4CN5C3COC3)c(CC(F)(F)F)n2)cc1C(F)(F)F. The van der Waals surface area contributed by atoms with Gasteiger partial charge in [-0.05, 0) is 6.07 Å². The Labute approximate surface area is 172 Å². The Balaban J connectivity index is 1.39. The number of pyridine rings is 1. The molecule has 1 unspecified atom stereocenters. The molecule has 31 heavy (non-hydrogen) atoms. The first kappa shape index (κ1) is 19.4. The van der Waals surface area contributed by atoms with E-state index < -0.39 is 35.7 Å². The molecule has 5 fully saturated rings. The molecule has 166 valence electrons. The minimum absolute atomic E-state index is 0.0189. The summed E-state index contributed by atoms with van der Waals surface area (Å²) in [7, 11) is 0. The van der Waals surface area contributed by atoms with Crippen LogP contribution >= 0.6 is 0 Å². The number of nitrogens with two attached hydrogens (primary N) is 1. The number of halogens is 6. The highest BCUT2D eigenvalue weighted by atomic mass is 19.4. The summed E-state index contributed by atoms with van der Waals surface area (Å²) in [6, 6.07) is 1.20. The lowest BCUT2D eigenvalue weighted by Gasteiger charge is -2.34. The van der Waals surface area contributed by atoms with E-state index in [1.165, 1.54) is 6.20 Å². The summed E-state index contributed by atoms with van der Waals surface area (Å²) in [6.07, 6.45) is -7.92. The largest absolute Gasteiger partial charge is 0.419 e. The average molecular weight is 445 g/mol. The van der Waals surface area contributed by atoms with E-state index in [-0.39, 0.29) is 41.0 Å². The fourth-order valence-electron chi connectivity index (χ4n) is 5.60.